The van der Waals surface area contributed by atoms with Crippen molar-refractivity contribution in [2.24, 2.45) is 5.92 Å². The van der Waals surface area contributed by atoms with E-state index < -0.39 is 6.09 Å². The van der Waals surface area contributed by atoms with Crippen molar-refractivity contribution in [2.45, 2.75) is 76.9 Å². The van der Waals surface area contributed by atoms with Crippen LogP contribution in [-0.2, 0) is 9.53 Å². The van der Waals surface area contributed by atoms with E-state index >= 15 is 0 Å². The van der Waals surface area contributed by atoms with Gasteiger partial charge in [-0.15, -0.1) is 0 Å². The Kier molecular flexibility index (Phi) is 8.78. The second kappa shape index (κ2) is 12.8. The van der Waals surface area contributed by atoms with Gasteiger partial charge < -0.3 is 20.3 Å². The van der Waals surface area contributed by atoms with E-state index in [-0.39, 0.29) is 17.9 Å². The fourth-order valence-corrected chi connectivity index (χ4v) is 7.26. The summed E-state index contributed by atoms with van der Waals surface area (Å²) in [5.74, 6) is 0.109. The molecule has 0 atom stereocenters. The zero-order chi connectivity index (χ0) is 28.2. The smallest absolute Gasteiger partial charge is 0.411 e. The number of hydrogen-bond donors (Lipinski definition) is 3. The summed E-state index contributed by atoms with van der Waals surface area (Å²) in [5, 5.41) is 10.1. The molecule has 218 valence electrons. The summed E-state index contributed by atoms with van der Waals surface area (Å²) in [6.45, 7) is 6.05. The van der Waals surface area contributed by atoms with Crippen molar-refractivity contribution >= 4 is 44.4 Å². The van der Waals surface area contributed by atoms with Gasteiger partial charge in [0.25, 0.3) is 0 Å². The number of piperidine rings is 2. The predicted octanol–water partition coefficient (Wildman–Crippen LogP) is 5.95. The van der Waals surface area contributed by atoms with Gasteiger partial charge in [0, 0.05) is 23.7 Å². The number of benzene rings is 1. The highest BCUT2D eigenvalue weighted by Crippen LogP contribution is 2.33. The largest absolute Gasteiger partial charge is 0.446 e. The maximum atomic E-state index is 13.1. The van der Waals surface area contributed by atoms with Gasteiger partial charge in [-0.1, -0.05) is 23.8 Å². The van der Waals surface area contributed by atoms with E-state index in [0.717, 1.165) is 91.7 Å². The molecule has 4 heterocycles. The zero-order valence-electron chi connectivity index (χ0n) is 23.8. The molecule has 1 saturated carbocycles. The summed E-state index contributed by atoms with van der Waals surface area (Å²) in [5.41, 5.74) is 4.10. The average molecular weight is 577 g/mol. The van der Waals surface area contributed by atoms with E-state index in [4.69, 9.17) is 4.74 Å². The second-order valence-corrected chi connectivity index (χ2v) is 12.7. The Hall–Kier alpha value is -3.08. The number of likely N-dealkylation sites (tertiary alicyclic amines) is 1. The highest BCUT2D eigenvalue weighted by Gasteiger charge is 2.29. The van der Waals surface area contributed by atoms with Crippen LogP contribution in [0.1, 0.15) is 63.5 Å². The van der Waals surface area contributed by atoms with E-state index in [1.54, 1.807) is 0 Å². The first-order valence-electron chi connectivity index (χ1n) is 15.1. The number of anilines is 2. The van der Waals surface area contributed by atoms with Gasteiger partial charge in [0.1, 0.15) is 6.10 Å². The van der Waals surface area contributed by atoms with E-state index in [9.17, 15) is 9.59 Å². The number of rotatable bonds is 6. The van der Waals surface area contributed by atoms with Gasteiger partial charge in [-0.3, -0.25) is 15.1 Å². The van der Waals surface area contributed by atoms with Crippen molar-refractivity contribution in [3.8, 4) is 11.1 Å². The van der Waals surface area contributed by atoms with Crippen LogP contribution in [0.15, 0.2) is 30.5 Å². The number of pyridine rings is 1. The Balaban J connectivity index is 1.08. The summed E-state index contributed by atoms with van der Waals surface area (Å²) < 4.78 is 6.63. The van der Waals surface area contributed by atoms with Gasteiger partial charge in [0.15, 0.2) is 5.13 Å². The standard InChI is InChI=1S/C31H40N6O3S/c1-20-27(35-31(39)40-25-5-3-2-4-6-25)17-23(19-33-20)22-7-8-26-28(18-22)41-30(34-26)36-29(38)21-11-15-37(16-12-21)24-9-13-32-14-10-24/h7-8,17-19,21,24-25,32H,2-6,9-16H2,1H3,(H,35,39)(H,34,36,38). The number of nitrogens with one attached hydrogen (secondary N) is 3. The number of carbonyl (C=O) groups excluding carboxylic acids is 2. The molecule has 0 radical (unpaired) electrons. The van der Waals surface area contributed by atoms with Crippen LogP contribution in [0.3, 0.4) is 0 Å². The number of nitrogens with zero attached hydrogens (tertiary/aromatic N) is 3. The van der Waals surface area contributed by atoms with Gasteiger partial charge >= 0.3 is 6.09 Å². The number of hydrogen-bond acceptors (Lipinski definition) is 8. The number of aromatic nitrogens is 2. The van der Waals surface area contributed by atoms with Crippen LogP contribution >= 0.6 is 11.3 Å². The predicted molar refractivity (Wildman–Crippen MR) is 163 cm³/mol. The maximum absolute atomic E-state index is 13.1. The number of aryl methyl sites for hydroxylation is 1. The molecule has 3 aromatic rings. The Morgan fingerprint density at radius 1 is 0.976 bits per heavy atom. The number of amides is 2. The van der Waals surface area contributed by atoms with Gasteiger partial charge in [0.2, 0.25) is 5.91 Å². The fourth-order valence-electron chi connectivity index (χ4n) is 6.36. The average Bonchev–Trinajstić information content (AvgIpc) is 3.41. The summed E-state index contributed by atoms with van der Waals surface area (Å²) in [4.78, 5) is 37.4. The van der Waals surface area contributed by atoms with Crippen LogP contribution in [0.5, 0.6) is 0 Å². The molecule has 0 unspecified atom stereocenters. The highest BCUT2D eigenvalue weighted by atomic mass is 32.1. The summed E-state index contributed by atoms with van der Waals surface area (Å²) in [6.07, 6.45) is 10.9. The summed E-state index contributed by atoms with van der Waals surface area (Å²) in [7, 11) is 0. The number of fused-ring (bicyclic) bond motifs is 1. The van der Waals surface area contributed by atoms with Crippen LogP contribution in [0.2, 0.25) is 0 Å². The van der Waals surface area contributed by atoms with Crippen LogP contribution in [0.25, 0.3) is 21.3 Å². The molecule has 9 nitrogen and oxygen atoms in total. The Morgan fingerprint density at radius 3 is 2.54 bits per heavy atom. The van der Waals surface area contributed by atoms with Crippen LogP contribution < -0.4 is 16.0 Å². The molecule has 2 amide bonds. The Morgan fingerprint density at radius 2 is 1.76 bits per heavy atom. The molecule has 2 aliphatic heterocycles. The van der Waals surface area contributed by atoms with E-state index in [0.29, 0.717) is 16.9 Å². The summed E-state index contributed by atoms with van der Waals surface area (Å²) >= 11 is 1.49. The normalized spacial score (nSPS) is 19.7. The van der Waals surface area contributed by atoms with Gasteiger partial charge in [-0.2, -0.15) is 0 Å². The molecule has 3 fully saturated rings. The third-order valence-electron chi connectivity index (χ3n) is 8.83. The van der Waals surface area contributed by atoms with Crippen molar-refractivity contribution in [2.75, 3.05) is 36.8 Å². The molecule has 1 aliphatic carbocycles. The van der Waals surface area contributed by atoms with E-state index in [1.807, 2.05) is 31.3 Å². The van der Waals surface area contributed by atoms with E-state index in [1.165, 1.54) is 30.6 Å². The van der Waals surface area contributed by atoms with Crippen LogP contribution in [0.4, 0.5) is 15.6 Å². The Bertz CT molecular complexity index is 1370. The lowest BCUT2D eigenvalue weighted by molar-refractivity contribution is -0.121. The van der Waals surface area contributed by atoms with Gasteiger partial charge in [-0.05, 0) is 108 Å². The molecule has 0 bridgehead atoms. The minimum absolute atomic E-state index is 0.00394. The molecule has 0 spiro atoms. The maximum Gasteiger partial charge on any atom is 0.411 e. The van der Waals surface area contributed by atoms with Crippen molar-refractivity contribution in [1.29, 1.82) is 0 Å². The monoisotopic (exact) mass is 576 g/mol. The minimum atomic E-state index is -0.422. The molecule has 10 heteroatoms. The quantitative estimate of drug-likeness (QED) is 0.333. The van der Waals surface area contributed by atoms with Gasteiger partial charge in [-0.25, -0.2) is 9.78 Å². The van der Waals surface area contributed by atoms with Crippen LogP contribution in [0, 0.1) is 12.8 Å². The van der Waals surface area contributed by atoms with Crippen LogP contribution in [-0.4, -0.2) is 65.2 Å². The molecule has 3 N–H and O–H groups in total. The second-order valence-electron chi connectivity index (χ2n) is 11.6. The van der Waals surface area contributed by atoms with Crippen molar-refractivity contribution in [3.05, 3.63) is 36.2 Å². The first-order valence-corrected chi connectivity index (χ1v) is 15.9. The molecule has 6 rings (SSSR count). The first-order chi connectivity index (χ1) is 20.0. The lowest BCUT2D eigenvalue weighted by atomic mass is 9.93. The molecule has 1 aromatic carbocycles. The first kappa shape index (κ1) is 28.1. The molecule has 2 saturated heterocycles. The lowest BCUT2D eigenvalue weighted by Crippen LogP contribution is -2.47. The molecular weight excluding hydrogens is 536 g/mol. The SMILES string of the molecule is Cc1ncc(-c2ccc3nc(NC(=O)C4CCN(C5CCNCC5)CC4)sc3c2)cc1NC(=O)OC1CCCCC1. The third kappa shape index (κ3) is 6.88. The third-order valence-corrected chi connectivity index (χ3v) is 9.76. The fraction of sp³-hybridized carbons (Fsp3) is 0.548. The molecule has 2 aromatic heterocycles. The zero-order valence-corrected chi connectivity index (χ0v) is 24.6. The van der Waals surface area contributed by atoms with E-state index in [2.05, 4.69) is 36.9 Å². The number of ether oxygens (including phenoxy) is 1. The molecule has 3 aliphatic rings. The minimum Gasteiger partial charge on any atom is -0.446 e. The van der Waals surface area contributed by atoms with Gasteiger partial charge in [0.05, 0.1) is 21.6 Å². The van der Waals surface area contributed by atoms with Crippen molar-refractivity contribution in [3.63, 3.8) is 0 Å². The summed E-state index contributed by atoms with van der Waals surface area (Å²) in [6, 6.07) is 8.63. The van der Waals surface area contributed by atoms with Crippen molar-refractivity contribution < 1.29 is 14.3 Å². The number of carbonyl (C=O) groups is 2. The topological polar surface area (TPSA) is 108 Å². The molecular formula is C31H40N6O3S. The highest BCUT2D eigenvalue weighted by molar-refractivity contribution is 7.22. The number of thiazole rings is 1. The lowest BCUT2D eigenvalue weighted by Gasteiger charge is -2.39. The molecule has 41 heavy (non-hydrogen) atoms. The Labute approximate surface area is 245 Å². The van der Waals surface area contributed by atoms with Crippen molar-refractivity contribution in [1.82, 2.24) is 20.2 Å².